The molecule has 0 radical (unpaired) electrons. The average molecular weight is 284 g/mol. The van der Waals surface area contributed by atoms with Crippen molar-refractivity contribution in [1.29, 1.82) is 0 Å². The second-order valence-corrected chi connectivity index (χ2v) is 4.35. The molecule has 104 valence electrons. The van der Waals surface area contributed by atoms with Crippen LogP contribution in [0, 0.1) is 0 Å². The molecule has 0 saturated heterocycles. The molecule has 1 unspecified atom stereocenters. The van der Waals surface area contributed by atoms with Crippen LogP contribution in [-0.4, -0.2) is 28.8 Å². The third kappa shape index (κ3) is 4.25. The van der Waals surface area contributed by atoms with Gasteiger partial charge in [-0.3, -0.25) is 4.79 Å². The number of carbonyl (C=O) groups excluding carboxylic acids is 1. The van der Waals surface area contributed by atoms with Crippen molar-refractivity contribution in [1.82, 2.24) is 0 Å². The van der Waals surface area contributed by atoms with Gasteiger partial charge >= 0.3 is 11.9 Å². The van der Waals surface area contributed by atoms with Crippen LogP contribution in [-0.2, 0) is 20.7 Å². The first kappa shape index (κ1) is 15.5. The maximum Gasteiger partial charge on any atom is 0.337 e. The van der Waals surface area contributed by atoms with E-state index in [9.17, 15) is 14.7 Å². The lowest BCUT2D eigenvalue weighted by atomic mass is 10.0. The fourth-order valence-corrected chi connectivity index (χ4v) is 2.02. The lowest BCUT2D eigenvalue weighted by molar-refractivity contribution is -0.147. The summed E-state index contributed by atoms with van der Waals surface area (Å²) in [7, 11) is 0. The Morgan fingerprint density at radius 1 is 1.42 bits per heavy atom. The Balaban J connectivity index is 2.83. The molecule has 19 heavy (non-hydrogen) atoms. The van der Waals surface area contributed by atoms with E-state index in [0.29, 0.717) is 23.5 Å². The first-order chi connectivity index (χ1) is 8.97. The zero-order valence-electron chi connectivity index (χ0n) is 10.5. The zero-order chi connectivity index (χ0) is 14.4. The lowest BCUT2D eigenvalue weighted by Gasteiger charge is -2.12. The Labute approximate surface area is 116 Å². The van der Waals surface area contributed by atoms with Gasteiger partial charge in [-0.25, -0.2) is 4.79 Å². The predicted octanol–water partition coefficient (Wildman–Crippen LogP) is 1.59. The van der Waals surface area contributed by atoms with Crippen LogP contribution >= 0.6 is 12.6 Å². The number of aliphatic hydroxyl groups is 1. The molecule has 1 aromatic rings. The summed E-state index contributed by atoms with van der Waals surface area (Å²) in [6, 6.07) is 4.86. The van der Waals surface area contributed by atoms with Crippen LogP contribution in [0.4, 0.5) is 0 Å². The molecule has 1 aromatic carbocycles. The topological polar surface area (TPSA) is 83.8 Å². The molecular formula is C13H16O5S. The minimum absolute atomic E-state index is 0.189. The van der Waals surface area contributed by atoms with Gasteiger partial charge in [0.15, 0.2) is 6.10 Å². The third-order valence-corrected chi connectivity index (χ3v) is 3.13. The van der Waals surface area contributed by atoms with Crippen LogP contribution in [0.25, 0.3) is 0 Å². The average Bonchev–Trinajstić information content (AvgIpc) is 2.37. The molecule has 2 N–H and O–H groups in total. The summed E-state index contributed by atoms with van der Waals surface area (Å²) in [5, 5.41) is 18.3. The highest BCUT2D eigenvalue weighted by molar-refractivity contribution is 7.80. The van der Waals surface area contributed by atoms with Crippen molar-refractivity contribution in [2.24, 2.45) is 0 Å². The van der Waals surface area contributed by atoms with E-state index < -0.39 is 12.1 Å². The van der Waals surface area contributed by atoms with E-state index in [1.807, 2.05) is 0 Å². The summed E-state index contributed by atoms with van der Waals surface area (Å²) in [5.41, 5.74) is 0.923. The first-order valence-electron chi connectivity index (χ1n) is 5.84. The zero-order valence-corrected chi connectivity index (χ0v) is 11.4. The summed E-state index contributed by atoms with van der Waals surface area (Å²) < 4.78 is 4.81. The molecule has 6 heteroatoms. The second-order valence-electron chi connectivity index (χ2n) is 3.90. The van der Waals surface area contributed by atoms with Crippen LogP contribution in [0.5, 0.6) is 0 Å². The van der Waals surface area contributed by atoms with Crippen molar-refractivity contribution in [3.63, 3.8) is 0 Å². The quantitative estimate of drug-likeness (QED) is 0.546. The van der Waals surface area contributed by atoms with E-state index in [1.54, 1.807) is 19.1 Å². The molecule has 1 atom stereocenters. The molecule has 0 aromatic heterocycles. The predicted molar refractivity (Wildman–Crippen MR) is 71.2 cm³/mol. The van der Waals surface area contributed by atoms with Crippen LogP contribution in [0.1, 0.15) is 30.6 Å². The Hall–Kier alpha value is -1.53. The number of ether oxygens (including phenoxy) is 1. The van der Waals surface area contributed by atoms with Crippen LogP contribution in [0.15, 0.2) is 23.1 Å². The van der Waals surface area contributed by atoms with E-state index in [2.05, 4.69) is 12.6 Å². The molecule has 5 nitrogen and oxygen atoms in total. The smallest absolute Gasteiger partial charge is 0.337 e. The van der Waals surface area contributed by atoms with Gasteiger partial charge in [-0.05, 0) is 18.9 Å². The maximum atomic E-state index is 11.3. The van der Waals surface area contributed by atoms with Gasteiger partial charge < -0.3 is 14.9 Å². The maximum absolute atomic E-state index is 11.3. The number of aryl methyl sites for hydroxylation is 1. The van der Waals surface area contributed by atoms with E-state index in [1.165, 1.54) is 6.07 Å². The van der Waals surface area contributed by atoms with E-state index in [-0.39, 0.29) is 18.0 Å². The monoisotopic (exact) mass is 284 g/mol. The fourth-order valence-electron chi connectivity index (χ4n) is 1.64. The molecule has 0 aliphatic rings. The molecular weight excluding hydrogens is 268 g/mol. The number of aliphatic carboxylic acids is 1. The number of benzene rings is 1. The SMILES string of the molecule is CCOC(=O)CCc1cccc(C(O)C(=O)O)c1S. The number of thiol groups is 1. The van der Waals surface area contributed by atoms with Crippen LogP contribution in [0.2, 0.25) is 0 Å². The van der Waals surface area contributed by atoms with Gasteiger partial charge in [0, 0.05) is 16.9 Å². The van der Waals surface area contributed by atoms with Crippen molar-refractivity contribution in [3.8, 4) is 0 Å². The number of rotatable bonds is 6. The summed E-state index contributed by atoms with van der Waals surface area (Å²) in [5.74, 6) is -1.66. The van der Waals surface area contributed by atoms with E-state index >= 15 is 0 Å². The molecule has 0 saturated carbocycles. The van der Waals surface area contributed by atoms with E-state index in [0.717, 1.165) is 0 Å². The largest absolute Gasteiger partial charge is 0.479 e. The minimum Gasteiger partial charge on any atom is -0.479 e. The Morgan fingerprint density at radius 2 is 2.11 bits per heavy atom. The van der Waals surface area contributed by atoms with Gasteiger partial charge in [0.25, 0.3) is 0 Å². The lowest BCUT2D eigenvalue weighted by Crippen LogP contribution is -2.12. The first-order valence-corrected chi connectivity index (χ1v) is 6.29. The highest BCUT2D eigenvalue weighted by atomic mass is 32.1. The normalized spacial score (nSPS) is 11.9. The molecule has 0 bridgehead atoms. The number of carboxylic acid groups (broad SMARTS) is 1. The standard InChI is InChI=1S/C13H16O5S/c1-2-18-10(14)7-6-8-4-3-5-9(12(8)19)11(15)13(16)17/h3-5,11,15,19H,2,6-7H2,1H3,(H,16,17). The van der Waals surface area contributed by atoms with Gasteiger partial charge in [-0.1, -0.05) is 18.2 Å². The Morgan fingerprint density at radius 3 is 2.68 bits per heavy atom. The minimum atomic E-state index is -1.62. The Kier molecular flexibility index (Phi) is 5.85. The van der Waals surface area contributed by atoms with Crippen molar-refractivity contribution in [2.75, 3.05) is 6.61 Å². The summed E-state index contributed by atoms with van der Waals surface area (Å²) in [6.07, 6.45) is -1.04. The van der Waals surface area contributed by atoms with Crippen LogP contribution in [0.3, 0.4) is 0 Å². The molecule has 0 aliphatic carbocycles. The highest BCUT2D eigenvalue weighted by Gasteiger charge is 2.19. The molecule has 0 spiro atoms. The second kappa shape index (κ2) is 7.16. The van der Waals surface area contributed by atoms with Crippen molar-refractivity contribution in [3.05, 3.63) is 29.3 Å². The van der Waals surface area contributed by atoms with Crippen molar-refractivity contribution in [2.45, 2.75) is 30.8 Å². The molecule has 0 amide bonds. The highest BCUT2D eigenvalue weighted by Crippen LogP contribution is 2.26. The number of hydrogen-bond donors (Lipinski definition) is 3. The third-order valence-electron chi connectivity index (χ3n) is 2.58. The number of aliphatic hydroxyl groups excluding tert-OH is 1. The van der Waals surface area contributed by atoms with Gasteiger partial charge in [0.2, 0.25) is 0 Å². The number of carboxylic acids is 1. The summed E-state index contributed by atoms with van der Waals surface area (Å²) in [6.45, 7) is 2.05. The summed E-state index contributed by atoms with van der Waals surface area (Å²) in [4.78, 5) is 22.4. The summed E-state index contributed by atoms with van der Waals surface area (Å²) >= 11 is 4.22. The van der Waals surface area contributed by atoms with E-state index in [4.69, 9.17) is 9.84 Å². The van der Waals surface area contributed by atoms with Gasteiger partial charge in [-0.15, -0.1) is 12.6 Å². The number of esters is 1. The van der Waals surface area contributed by atoms with Crippen molar-refractivity contribution < 1.29 is 24.5 Å². The molecule has 0 heterocycles. The molecule has 1 rings (SSSR count). The number of carbonyl (C=O) groups is 2. The van der Waals surface area contributed by atoms with Crippen molar-refractivity contribution >= 4 is 24.6 Å². The van der Waals surface area contributed by atoms with Gasteiger partial charge in [0.05, 0.1) is 6.61 Å². The van der Waals surface area contributed by atoms with Gasteiger partial charge in [0.1, 0.15) is 0 Å². The molecule has 0 fully saturated rings. The number of hydrogen-bond acceptors (Lipinski definition) is 5. The fraction of sp³-hybridized carbons (Fsp3) is 0.385. The Bertz CT molecular complexity index is 472. The van der Waals surface area contributed by atoms with Crippen LogP contribution < -0.4 is 0 Å². The molecule has 0 aliphatic heterocycles. The van der Waals surface area contributed by atoms with Gasteiger partial charge in [-0.2, -0.15) is 0 Å².